The average molecular weight is 301 g/mol. The molecule has 1 spiro atoms. The molecule has 122 valence electrons. The lowest BCUT2D eigenvalue weighted by Crippen LogP contribution is -2.47. The highest BCUT2D eigenvalue weighted by Crippen LogP contribution is 2.51. The zero-order chi connectivity index (χ0) is 15.6. The van der Waals surface area contributed by atoms with Gasteiger partial charge in [0, 0.05) is 13.1 Å². The molecule has 0 aromatic rings. The Morgan fingerprint density at radius 1 is 1.33 bits per heavy atom. The van der Waals surface area contributed by atoms with E-state index in [1.807, 2.05) is 0 Å². The Morgan fingerprint density at radius 2 is 1.95 bits per heavy atom. The van der Waals surface area contributed by atoms with E-state index in [1.54, 1.807) is 4.90 Å². The first kappa shape index (κ1) is 16.5. The zero-order valence-corrected chi connectivity index (χ0v) is 13.3. The van der Waals surface area contributed by atoms with Crippen molar-refractivity contribution in [3.05, 3.63) is 0 Å². The summed E-state index contributed by atoms with van der Waals surface area (Å²) in [5.41, 5.74) is -0.0287. The van der Waals surface area contributed by atoms with Crippen molar-refractivity contribution < 1.29 is 19.0 Å². The third kappa shape index (κ3) is 3.50. The number of rotatable bonds is 3. The molecule has 21 heavy (non-hydrogen) atoms. The number of amides is 1. The number of aliphatic hydroxyl groups excluding tert-OH is 1. The number of ether oxygens (including phenoxy) is 1. The van der Waals surface area contributed by atoms with Gasteiger partial charge in [-0.3, -0.25) is 0 Å². The van der Waals surface area contributed by atoms with Crippen LogP contribution in [0, 0.1) is 17.3 Å². The van der Waals surface area contributed by atoms with Crippen molar-refractivity contribution in [2.24, 2.45) is 17.3 Å². The van der Waals surface area contributed by atoms with Crippen LogP contribution in [0.2, 0.25) is 0 Å². The second-order valence-electron chi connectivity index (χ2n) is 7.10. The topological polar surface area (TPSA) is 49.8 Å². The van der Waals surface area contributed by atoms with Crippen LogP contribution >= 0.6 is 0 Å². The number of carbonyl (C=O) groups is 1. The minimum Gasteiger partial charge on any atom is -0.446 e. The van der Waals surface area contributed by atoms with Gasteiger partial charge in [0.25, 0.3) is 0 Å². The van der Waals surface area contributed by atoms with Gasteiger partial charge in [0.2, 0.25) is 0 Å². The van der Waals surface area contributed by atoms with Gasteiger partial charge in [-0.15, -0.1) is 0 Å². The summed E-state index contributed by atoms with van der Waals surface area (Å²) in [5, 5.41) is 10.7. The maximum atomic E-state index is 12.7. The minimum absolute atomic E-state index is 0.0287. The third-order valence-electron chi connectivity index (χ3n) is 5.32. The normalized spacial score (nSPS) is 29.9. The summed E-state index contributed by atoms with van der Waals surface area (Å²) >= 11 is 0. The lowest BCUT2D eigenvalue weighted by Gasteiger charge is -2.42. The molecular weight excluding hydrogens is 273 g/mol. The van der Waals surface area contributed by atoms with Gasteiger partial charge in [-0.25, -0.2) is 9.18 Å². The van der Waals surface area contributed by atoms with Crippen LogP contribution < -0.4 is 0 Å². The van der Waals surface area contributed by atoms with Crippen molar-refractivity contribution in [3.63, 3.8) is 0 Å². The van der Waals surface area contributed by atoms with Crippen LogP contribution in [0.5, 0.6) is 0 Å². The number of hydrogen-bond acceptors (Lipinski definition) is 3. The number of nitrogens with zero attached hydrogens (tertiary/aromatic N) is 1. The fourth-order valence-corrected chi connectivity index (χ4v) is 3.87. The summed E-state index contributed by atoms with van der Waals surface area (Å²) in [4.78, 5) is 13.5. The molecule has 0 bridgehead atoms. The number of aliphatic hydroxyl groups is 1. The molecule has 4 nitrogen and oxygen atoms in total. The molecule has 1 heterocycles. The summed E-state index contributed by atoms with van der Waals surface area (Å²) in [6.45, 7) is 6.72. The van der Waals surface area contributed by atoms with Crippen molar-refractivity contribution in [2.45, 2.75) is 58.7 Å². The summed E-state index contributed by atoms with van der Waals surface area (Å²) in [6.07, 6.45) is 1.93. The van der Waals surface area contributed by atoms with Crippen LogP contribution in [-0.4, -0.2) is 48.1 Å². The van der Waals surface area contributed by atoms with Gasteiger partial charge in [0.1, 0.15) is 12.8 Å². The van der Waals surface area contributed by atoms with Crippen LogP contribution in [0.1, 0.15) is 46.5 Å². The highest BCUT2D eigenvalue weighted by molar-refractivity contribution is 5.67. The predicted octanol–water partition coefficient (Wildman–Crippen LogP) is 2.99. The smallest absolute Gasteiger partial charge is 0.409 e. The first-order chi connectivity index (χ1) is 9.85. The van der Waals surface area contributed by atoms with Crippen LogP contribution in [0.15, 0.2) is 0 Å². The van der Waals surface area contributed by atoms with Crippen molar-refractivity contribution in [2.75, 3.05) is 19.7 Å². The standard InChI is InChI=1S/C16H28FNO3/c1-11(2)13-4-5-16(14(13)19)6-8-18(9-7-16)15(20)21-10-12(3)17/h11-14,19H,4-10H2,1-3H3. The molecule has 1 aliphatic carbocycles. The van der Waals surface area contributed by atoms with Crippen LogP contribution in [0.4, 0.5) is 9.18 Å². The SMILES string of the molecule is CC(F)COC(=O)N1CCC2(CCC(C(C)C)C2O)CC1. The van der Waals surface area contributed by atoms with E-state index >= 15 is 0 Å². The van der Waals surface area contributed by atoms with Gasteiger partial charge in [0.15, 0.2) is 0 Å². The van der Waals surface area contributed by atoms with Crippen molar-refractivity contribution in [1.82, 2.24) is 4.90 Å². The quantitative estimate of drug-likeness (QED) is 0.872. The molecule has 1 saturated carbocycles. The van der Waals surface area contributed by atoms with Gasteiger partial charge in [-0.05, 0) is 49.9 Å². The highest BCUT2D eigenvalue weighted by atomic mass is 19.1. The van der Waals surface area contributed by atoms with E-state index in [-0.39, 0.29) is 18.1 Å². The second kappa shape index (κ2) is 6.51. The van der Waals surface area contributed by atoms with Crippen molar-refractivity contribution in [3.8, 4) is 0 Å². The number of halogens is 1. The average Bonchev–Trinajstić information content (AvgIpc) is 2.74. The van der Waals surface area contributed by atoms with E-state index in [2.05, 4.69) is 13.8 Å². The Morgan fingerprint density at radius 3 is 2.43 bits per heavy atom. The maximum absolute atomic E-state index is 12.7. The number of piperidine rings is 1. The van der Waals surface area contributed by atoms with E-state index in [0.29, 0.717) is 24.9 Å². The Kier molecular flexibility index (Phi) is 5.12. The Labute approximate surface area is 126 Å². The molecule has 1 aliphatic heterocycles. The molecule has 3 atom stereocenters. The lowest BCUT2D eigenvalue weighted by atomic mass is 9.73. The Hall–Kier alpha value is -0.840. The molecule has 1 saturated heterocycles. The molecule has 2 aliphatic rings. The van der Waals surface area contributed by atoms with Crippen LogP contribution in [0.3, 0.4) is 0 Å². The van der Waals surface area contributed by atoms with E-state index in [1.165, 1.54) is 6.92 Å². The number of hydrogen-bond donors (Lipinski definition) is 1. The van der Waals surface area contributed by atoms with Crippen LogP contribution in [0.25, 0.3) is 0 Å². The summed E-state index contributed by atoms with van der Waals surface area (Å²) in [5.74, 6) is 0.865. The van der Waals surface area contributed by atoms with Crippen molar-refractivity contribution >= 4 is 6.09 Å². The monoisotopic (exact) mass is 301 g/mol. The molecule has 0 aromatic carbocycles. The van der Waals surface area contributed by atoms with Gasteiger partial charge < -0.3 is 14.7 Å². The maximum Gasteiger partial charge on any atom is 0.409 e. The molecule has 1 N–H and O–H groups in total. The third-order valence-corrected chi connectivity index (χ3v) is 5.32. The molecule has 0 aromatic heterocycles. The fraction of sp³-hybridized carbons (Fsp3) is 0.938. The van der Waals surface area contributed by atoms with E-state index in [4.69, 9.17) is 4.74 Å². The Bertz CT molecular complexity index is 365. The van der Waals surface area contributed by atoms with Crippen molar-refractivity contribution in [1.29, 1.82) is 0 Å². The first-order valence-corrected chi connectivity index (χ1v) is 8.09. The van der Waals surface area contributed by atoms with Gasteiger partial charge in [-0.2, -0.15) is 0 Å². The molecule has 5 heteroatoms. The predicted molar refractivity (Wildman–Crippen MR) is 78.7 cm³/mol. The molecular formula is C16H28FNO3. The van der Waals surface area contributed by atoms with Gasteiger partial charge in [0.05, 0.1) is 6.10 Å². The minimum atomic E-state index is -1.13. The summed E-state index contributed by atoms with van der Waals surface area (Å²) in [7, 11) is 0. The first-order valence-electron chi connectivity index (χ1n) is 8.09. The molecule has 2 fully saturated rings. The summed E-state index contributed by atoms with van der Waals surface area (Å²) in [6, 6.07) is 0. The highest BCUT2D eigenvalue weighted by Gasteiger charge is 2.50. The molecule has 0 radical (unpaired) electrons. The fourth-order valence-electron chi connectivity index (χ4n) is 3.87. The lowest BCUT2D eigenvalue weighted by molar-refractivity contribution is -0.0280. The van der Waals surface area contributed by atoms with Gasteiger partial charge in [-0.1, -0.05) is 13.8 Å². The van der Waals surface area contributed by atoms with Gasteiger partial charge >= 0.3 is 6.09 Å². The van der Waals surface area contributed by atoms with Crippen LogP contribution in [-0.2, 0) is 4.74 Å². The molecule has 1 amide bonds. The second-order valence-corrected chi connectivity index (χ2v) is 7.10. The molecule has 3 unspecified atom stereocenters. The zero-order valence-electron chi connectivity index (χ0n) is 13.3. The number of alkyl halides is 1. The summed E-state index contributed by atoms with van der Waals surface area (Å²) < 4.78 is 17.6. The van der Waals surface area contributed by atoms with E-state index in [0.717, 1.165) is 25.7 Å². The molecule has 2 rings (SSSR count). The van der Waals surface area contributed by atoms with E-state index < -0.39 is 12.3 Å². The van der Waals surface area contributed by atoms with E-state index in [9.17, 15) is 14.3 Å². The number of likely N-dealkylation sites (tertiary alicyclic amines) is 1. The Balaban J connectivity index is 1.87. The largest absolute Gasteiger partial charge is 0.446 e. The number of carbonyl (C=O) groups excluding carboxylic acids is 1.